The number of methoxy groups -OCH3 is 1. The van der Waals surface area contributed by atoms with Crippen LogP contribution in [-0.4, -0.2) is 37.5 Å². The Morgan fingerprint density at radius 1 is 1.23 bits per heavy atom. The van der Waals surface area contributed by atoms with E-state index in [4.69, 9.17) is 0 Å². The summed E-state index contributed by atoms with van der Waals surface area (Å²) in [6.45, 7) is 1.54. The van der Waals surface area contributed by atoms with Gasteiger partial charge in [0.25, 0.3) is 0 Å². The van der Waals surface area contributed by atoms with Crippen LogP contribution in [0.4, 0.5) is 0 Å². The number of hydrogen-bond acceptors (Lipinski definition) is 4. The molecule has 0 saturated heterocycles. The van der Waals surface area contributed by atoms with Gasteiger partial charge in [-0.2, -0.15) is 0 Å². The zero-order valence-corrected chi connectivity index (χ0v) is 12.7. The molecule has 0 fully saturated rings. The van der Waals surface area contributed by atoms with Crippen LogP contribution >= 0.6 is 0 Å². The van der Waals surface area contributed by atoms with Crippen molar-refractivity contribution in [3.63, 3.8) is 0 Å². The highest BCUT2D eigenvalue weighted by Crippen LogP contribution is 2.03. The van der Waals surface area contributed by atoms with Crippen molar-refractivity contribution in [2.45, 2.75) is 19.4 Å². The third kappa shape index (κ3) is 6.69. The number of carbonyl (C=O) groups is 3. The van der Waals surface area contributed by atoms with Gasteiger partial charge in [-0.05, 0) is 5.56 Å². The van der Waals surface area contributed by atoms with E-state index in [-0.39, 0.29) is 18.4 Å². The first-order valence-electron chi connectivity index (χ1n) is 6.86. The van der Waals surface area contributed by atoms with Gasteiger partial charge < -0.3 is 15.4 Å². The first-order valence-corrected chi connectivity index (χ1v) is 6.86. The minimum Gasteiger partial charge on any atom is -0.466 e. The van der Waals surface area contributed by atoms with Gasteiger partial charge in [-0.3, -0.25) is 9.59 Å². The van der Waals surface area contributed by atoms with Crippen LogP contribution in [0.15, 0.2) is 42.5 Å². The molecule has 2 N–H and O–H groups in total. The Morgan fingerprint density at radius 2 is 1.91 bits per heavy atom. The molecule has 0 spiro atoms. The van der Waals surface area contributed by atoms with E-state index in [1.807, 2.05) is 30.3 Å². The summed E-state index contributed by atoms with van der Waals surface area (Å²) in [4.78, 5) is 34.3. The van der Waals surface area contributed by atoms with Crippen LogP contribution in [0.3, 0.4) is 0 Å². The molecular weight excluding hydrogens is 284 g/mol. The number of rotatable bonds is 7. The number of ether oxygens (including phenoxy) is 1. The van der Waals surface area contributed by atoms with Crippen molar-refractivity contribution < 1.29 is 19.1 Å². The summed E-state index contributed by atoms with van der Waals surface area (Å²) < 4.78 is 4.44. The van der Waals surface area contributed by atoms with Crippen LogP contribution in [0.2, 0.25) is 0 Å². The van der Waals surface area contributed by atoms with Crippen LogP contribution in [0, 0.1) is 0 Å². The van der Waals surface area contributed by atoms with Crippen molar-refractivity contribution in [2.75, 3.05) is 13.7 Å². The summed E-state index contributed by atoms with van der Waals surface area (Å²) in [5.41, 5.74) is 0.946. The number of carbonyl (C=O) groups excluding carboxylic acids is 3. The smallest absolute Gasteiger partial charge is 0.330 e. The maximum absolute atomic E-state index is 12.1. The highest BCUT2D eigenvalue weighted by atomic mass is 16.5. The molecule has 6 nitrogen and oxygen atoms in total. The molecule has 2 amide bonds. The quantitative estimate of drug-likeness (QED) is 0.570. The van der Waals surface area contributed by atoms with Gasteiger partial charge in [-0.25, -0.2) is 4.79 Å². The Hall–Kier alpha value is -2.63. The van der Waals surface area contributed by atoms with Crippen molar-refractivity contribution in [3.05, 3.63) is 48.0 Å². The predicted molar refractivity (Wildman–Crippen MR) is 81.9 cm³/mol. The van der Waals surface area contributed by atoms with Gasteiger partial charge in [0.15, 0.2) is 0 Å². The number of hydrogen-bond donors (Lipinski definition) is 2. The van der Waals surface area contributed by atoms with Gasteiger partial charge in [0, 0.05) is 26.0 Å². The van der Waals surface area contributed by atoms with E-state index in [0.717, 1.165) is 5.56 Å². The van der Waals surface area contributed by atoms with E-state index < -0.39 is 12.0 Å². The van der Waals surface area contributed by atoms with Crippen molar-refractivity contribution in [1.29, 1.82) is 0 Å². The minimum atomic E-state index is -0.661. The summed E-state index contributed by atoms with van der Waals surface area (Å²) in [7, 11) is 1.28. The SMILES string of the molecule is COC(=O)/C=C/CNC(=O)[C@@H](Cc1ccccc1)NC(C)=O. The number of esters is 1. The van der Waals surface area contributed by atoms with E-state index in [2.05, 4.69) is 15.4 Å². The second kappa shape index (κ2) is 9.33. The van der Waals surface area contributed by atoms with E-state index in [0.29, 0.717) is 6.42 Å². The number of nitrogens with one attached hydrogen (secondary N) is 2. The molecule has 1 aromatic rings. The summed E-state index contributed by atoms with van der Waals surface area (Å²) >= 11 is 0. The van der Waals surface area contributed by atoms with Gasteiger partial charge in [0.05, 0.1) is 7.11 Å². The highest BCUT2D eigenvalue weighted by Gasteiger charge is 2.19. The first kappa shape index (κ1) is 17.4. The van der Waals surface area contributed by atoms with Crippen molar-refractivity contribution in [2.24, 2.45) is 0 Å². The Labute approximate surface area is 129 Å². The molecule has 0 bridgehead atoms. The standard InChI is InChI=1S/C16H20N2O4/c1-12(19)18-14(11-13-7-4-3-5-8-13)16(21)17-10-6-9-15(20)22-2/h3-9,14H,10-11H2,1-2H3,(H,17,21)(H,18,19)/b9-6+/t14-/m1/s1. The molecule has 0 aromatic heterocycles. The molecule has 1 aromatic carbocycles. The Bertz CT molecular complexity index is 540. The Balaban J connectivity index is 2.59. The van der Waals surface area contributed by atoms with Gasteiger partial charge >= 0.3 is 5.97 Å². The van der Waals surface area contributed by atoms with Crippen LogP contribution in [0.5, 0.6) is 0 Å². The molecule has 0 radical (unpaired) electrons. The second-order valence-electron chi connectivity index (χ2n) is 4.61. The van der Waals surface area contributed by atoms with Crippen LogP contribution in [-0.2, 0) is 25.5 Å². The zero-order chi connectivity index (χ0) is 16.4. The van der Waals surface area contributed by atoms with E-state index in [1.165, 1.54) is 26.2 Å². The van der Waals surface area contributed by atoms with Crippen LogP contribution < -0.4 is 10.6 Å². The van der Waals surface area contributed by atoms with E-state index in [9.17, 15) is 14.4 Å². The van der Waals surface area contributed by atoms with E-state index >= 15 is 0 Å². The summed E-state index contributed by atoms with van der Waals surface area (Å²) in [5.74, 6) is -1.08. The molecule has 0 unspecified atom stereocenters. The van der Waals surface area contributed by atoms with E-state index in [1.54, 1.807) is 0 Å². The average Bonchev–Trinajstić information content (AvgIpc) is 2.51. The molecule has 0 saturated carbocycles. The topological polar surface area (TPSA) is 84.5 Å². The molecule has 1 atom stereocenters. The highest BCUT2D eigenvalue weighted by molar-refractivity contribution is 5.87. The number of amides is 2. The lowest BCUT2D eigenvalue weighted by Gasteiger charge is -2.17. The summed E-state index contributed by atoms with van der Waals surface area (Å²) in [6, 6.07) is 8.74. The lowest BCUT2D eigenvalue weighted by atomic mass is 10.1. The first-order chi connectivity index (χ1) is 10.5. The molecular formula is C16H20N2O4. The Kier molecular flexibility index (Phi) is 7.39. The predicted octanol–water partition coefficient (Wildman–Crippen LogP) is 0.579. The monoisotopic (exact) mass is 304 g/mol. The fourth-order valence-electron chi connectivity index (χ4n) is 1.81. The van der Waals surface area contributed by atoms with Crippen LogP contribution in [0.25, 0.3) is 0 Å². The molecule has 118 valence electrons. The van der Waals surface area contributed by atoms with Gasteiger partial charge in [0.2, 0.25) is 11.8 Å². The summed E-state index contributed by atoms with van der Waals surface area (Å²) in [5, 5.41) is 5.26. The molecule has 0 heterocycles. The molecule has 1 rings (SSSR count). The third-order valence-corrected chi connectivity index (χ3v) is 2.83. The lowest BCUT2D eigenvalue weighted by molar-refractivity contribution is -0.134. The molecule has 0 aliphatic rings. The van der Waals surface area contributed by atoms with Gasteiger partial charge in [0.1, 0.15) is 6.04 Å². The second-order valence-corrected chi connectivity index (χ2v) is 4.61. The molecule has 0 aliphatic heterocycles. The molecule has 22 heavy (non-hydrogen) atoms. The average molecular weight is 304 g/mol. The van der Waals surface area contributed by atoms with Crippen molar-refractivity contribution in [1.82, 2.24) is 10.6 Å². The maximum atomic E-state index is 12.1. The van der Waals surface area contributed by atoms with Crippen LogP contribution in [0.1, 0.15) is 12.5 Å². The maximum Gasteiger partial charge on any atom is 0.330 e. The normalized spacial score (nSPS) is 11.7. The minimum absolute atomic E-state index is 0.179. The Morgan fingerprint density at radius 3 is 2.50 bits per heavy atom. The fourth-order valence-corrected chi connectivity index (χ4v) is 1.81. The van der Waals surface area contributed by atoms with Gasteiger partial charge in [-0.15, -0.1) is 0 Å². The molecule has 6 heteroatoms. The fraction of sp³-hybridized carbons (Fsp3) is 0.312. The zero-order valence-electron chi connectivity index (χ0n) is 12.7. The van der Waals surface area contributed by atoms with Crippen molar-refractivity contribution in [3.8, 4) is 0 Å². The lowest BCUT2D eigenvalue weighted by Crippen LogP contribution is -2.47. The number of benzene rings is 1. The largest absolute Gasteiger partial charge is 0.466 e. The van der Waals surface area contributed by atoms with Gasteiger partial charge in [-0.1, -0.05) is 36.4 Å². The third-order valence-electron chi connectivity index (χ3n) is 2.83. The van der Waals surface area contributed by atoms with Crippen molar-refractivity contribution >= 4 is 17.8 Å². The molecule has 0 aliphatic carbocycles. The summed E-state index contributed by atoms with van der Waals surface area (Å²) in [6.07, 6.45) is 3.11.